The Morgan fingerprint density at radius 3 is 2.80 bits per heavy atom. The van der Waals surface area contributed by atoms with E-state index in [9.17, 15) is 9.90 Å². The van der Waals surface area contributed by atoms with Gasteiger partial charge in [-0.25, -0.2) is 0 Å². The van der Waals surface area contributed by atoms with Crippen molar-refractivity contribution in [2.75, 3.05) is 26.4 Å². The van der Waals surface area contributed by atoms with Crippen molar-refractivity contribution >= 4 is 5.97 Å². The monoisotopic (exact) mass is 285 g/mol. The number of carboxylic acid groups (broad SMARTS) is 1. The number of hydrogen-bond donors (Lipinski definition) is 2. The largest absolute Gasteiger partial charge is 0.480 e. The van der Waals surface area contributed by atoms with E-state index in [0.29, 0.717) is 18.4 Å². The molecule has 1 saturated carbocycles. The molecule has 116 valence electrons. The van der Waals surface area contributed by atoms with Gasteiger partial charge in [-0.05, 0) is 45.4 Å². The van der Waals surface area contributed by atoms with E-state index in [0.717, 1.165) is 58.5 Å². The fourth-order valence-electron chi connectivity index (χ4n) is 2.57. The second-order valence-corrected chi connectivity index (χ2v) is 6.32. The predicted octanol–water partition coefficient (Wildman–Crippen LogP) is 1.81. The van der Waals surface area contributed by atoms with Crippen LogP contribution in [0.3, 0.4) is 0 Å². The van der Waals surface area contributed by atoms with Gasteiger partial charge in [-0.3, -0.25) is 10.1 Å². The van der Waals surface area contributed by atoms with E-state index in [-0.39, 0.29) is 0 Å². The van der Waals surface area contributed by atoms with Crippen LogP contribution in [0.2, 0.25) is 0 Å². The van der Waals surface area contributed by atoms with Crippen LogP contribution < -0.4 is 5.32 Å². The molecular weight excluding hydrogens is 258 g/mol. The smallest absolute Gasteiger partial charge is 0.323 e. The van der Waals surface area contributed by atoms with Crippen molar-refractivity contribution in [1.29, 1.82) is 0 Å². The first-order valence-corrected chi connectivity index (χ1v) is 7.77. The fourth-order valence-corrected chi connectivity index (χ4v) is 2.57. The summed E-state index contributed by atoms with van der Waals surface area (Å²) in [4.78, 5) is 11.4. The van der Waals surface area contributed by atoms with Crippen LogP contribution in [0.15, 0.2) is 0 Å². The number of carboxylic acids is 1. The third kappa shape index (κ3) is 5.04. The van der Waals surface area contributed by atoms with Crippen LogP contribution in [0.1, 0.15) is 45.4 Å². The molecule has 2 rings (SSSR count). The highest BCUT2D eigenvalue weighted by atomic mass is 16.5. The summed E-state index contributed by atoms with van der Waals surface area (Å²) < 4.78 is 10.9. The number of carbonyl (C=O) groups is 1. The van der Waals surface area contributed by atoms with Crippen LogP contribution in [0.25, 0.3) is 0 Å². The van der Waals surface area contributed by atoms with Crippen LogP contribution in [0.4, 0.5) is 0 Å². The van der Waals surface area contributed by atoms with Gasteiger partial charge in [0.25, 0.3) is 0 Å². The lowest BCUT2D eigenvalue weighted by Gasteiger charge is -2.26. The first kappa shape index (κ1) is 15.7. The number of unbranched alkanes of at least 4 members (excludes halogenated alkanes) is 1. The summed E-state index contributed by atoms with van der Waals surface area (Å²) >= 11 is 0. The minimum Gasteiger partial charge on any atom is -0.480 e. The lowest BCUT2D eigenvalue weighted by molar-refractivity contribution is -0.144. The molecule has 0 aromatic heterocycles. The molecule has 0 aromatic carbocycles. The summed E-state index contributed by atoms with van der Waals surface area (Å²) in [7, 11) is 0. The quantitative estimate of drug-likeness (QED) is 0.599. The van der Waals surface area contributed by atoms with Crippen LogP contribution >= 0.6 is 0 Å². The van der Waals surface area contributed by atoms with Crippen LogP contribution in [-0.2, 0) is 14.3 Å². The van der Waals surface area contributed by atoms with Crippen molar-refractivity contribution in [1.82, 2.24) is 5.32 Å². The minimum atomic E-state index is -0.777. The number of rotatable bonds is 10. The van der Waals surface area contributed by atoms with E-state index in [1.165, 1.54) is 0 Å². The fraction of sp³-hybridized carbons (Fsp3) is 0.933. The Kier molecular flexibility index (Phi) is 5.81. The maximum atomic E-state index is 11.4. The molecule has 0 spiro atoms. The van der Waals surface area contributed by atoms with E-state index in [1.54, 1.807) is 6.92 Å². The topological polar surface area (TPSA) is 67.8 Å². The van der Waals surface area contributed by atoms with Crippen LogP contribution in [0, 0.1) is 5.92 Å². The molecular formula is C15H27NO4. The van der Waals surface area contributed by atoms with Crippen molar-refractivity contribution < 1.29 is 19.4 Å². The summed E-state index contributed by atoms with van der Waals surface area (Å²) in [5.74, 6) is -0.191. The predicted molar refractivity (Wildman–Crippen MR) is 75.8 cm³/mol. The molecule has 2 unspecified atom stereocenters. The molecule has 2 atom stereocenters. The lowest BCUT2D eigenvalue weighted by atomic mass is 9.95. The molecule has 2 fully saturated rings. The SMILES string of the molecule is CC(CCCCOCC1CCOC1)(NC1CC1)C(=O)O. The second kappa shape index (κ2) is 7.38. The van der Waals surface area contributed by atoms with Crippen molar-refractivity contribution in [3.8, 4) is 0 Å². The molecule has 0 aromatic rings. The molecule has 1 aliphatic carbocycles. The highest BCUT2D eigenvalue weighted by Gasteiger charge is 2.37. The molecule has 20 heavy (non-hydrogen) atoms. The zero-order chi connectivity index (χ0) is 14.4. The van der Waals surface area contributed by atoms with E-state index < -0.39 is 11.5 Å². The van der Waals surface area contributed by atoms with Gasteiger partial charge in [0, 0.05) is 25.2 Å². The highest BCUT2D eigenvalue weighted by Crippen LogP contribution is 2.25. The molecule has 1 aliphatic heterocycles. The first-order valence-electron chi connectivity index (χ1n) is 7.77. The lowest BCUT2D eigenvalue weighted by Crippen LogP contribution is -2.50. The van der Waals surface area contributed by atoms with Crippen molar-refractivity contribution in [2.24, 2.45) is 5.92 Å². The average molecular weight is 285 g/mol. The molecule has 5 nitrogen and oxygen atoms in total. The van der Waals surface area contributed by atoms with Crippen LogP contribution in [-0.4, -0.2) is 49.1 Å². The Morgan fingerprint density at radius 2 is 2.20 bits per heavy atom. The van der Waals surface area contributed by atoms with Gasteiger partial charge >= 0.3 is 5.97 Å². The summed E-state index contributed by atoms with van der Waals surface area (Å²) in [6, 6.07) is 0.412. The van der Waals surface area contributed by atoms with Crippen molar-refractivity contribution in [3.63, 3.8) is 0 Å². The van der Waals surface area contributed by atoms with E-state index >= 15 is 0 Å². The number of aliphatic carboxylic acids is 1. The van der Waals surface area contributed by atoms with Gasteiger partial charge in [0.05, 0.1) is 13.2 Å². The number of hydrogen-bond acceptors (Lipinski definition) is 4. The number of ether oxygens (including phenoxy) is 2. The van der Waals surface area contributed by atoms with Gasteiger partial charge in [-0.2, -0.15) is 0 Å². The Balaban J connectivity index is 1.54. The second-order valence-electron chi connectivity index (χ2n) is 6.32. The minimum absolute atomic E-state index is 0.412. The summed E-state index contributed by atoms with van der Waals surface area (Å²) in [6.45, 7) is 4.97. The molecule has 0 bridgehead atoms. The van der Waals surface area contributed by atoms with Gasteiger partial charge in [0.1, 0.15) is 5.54 Å². The Hall–Kier alpha value is -0.650. The van der Waals surface area contributed by atoms with Gasteiger partial charge in [-0.15, -0.1) is 0 Å². The van der Waals surface area contributed by atoms with Crippen LogP contribution in [0.5, 0.6) is 0 Å². The van der Waals surface area contributed by atoms with E-state index in [2.05, 4.69) is 5.32 Å². The third-order valence-corrected chi connectivity index (χ3v) is 4.17. The van der Waals surface area contributed by atoms with Crippen molar-refractivity contribution in [3.05, 3.63) is 0 Å². The van der Waals surface area contributed by atoms with Gasteiger partial charge in [-0.1, -0.05) is 0 Å². The molecule has 1 saturated heterocycles. The standard InChI is InChI=1S/C15H27NO4/c1-15(14(17)18,16-13-4-5-13)7-2-3-8-19-10-12-6-9-20-11-12/h12-13,16H,2-11H2,1H3,(H,17,18). The Labute approximate surface area is 121 Å². The highest BCUT2D eigenvalue weighted by molar-refractivity contribution is 5.78. The maximum Gasteiger partial charge on any atom is 0.323 e. The Morgan fingerprint density at radius 1 is 1.40 bits per heavy atom. The van der Waals surface area contributed by atoms with Gasteiger partial charge < -0.3 is 14.6 Å². The molecule has 5 heteroatoms. The van der Waals surface area contributed by atoms with E-state index in [4.69, 9.17) is 9.47 Å². The first-order chi connectivity index (χ1) is 9.60. The summed E-state index contributed by atoms with van der Waals surface area (Å²) in [6.07, 6.45) is 5.77. The molecule has 2 N–H and O–H groups in total. The third-order valence-electron chi connectivity index (χ3n) is 4.17. The van der Waals surface area contributed by atoms with E-state index in [1.807, 2.05) is 0 Å². The average Bonchev–Trinajstić information content (AvgIpc) is 3.05. The molecule has 0 radical (unpaired) electrons. The maximum absolute atomic E-state index is 11.4. The number of nitrogens with one attached hydrogen (secondary N) is 1. The molecule has 0 amide bonds. The molecule has 1 heterocycles. The van der Waals surface area contributed by atoms with Gasteiger partial charge in [0.2, 0.25) is 0 Å². The van der Waals surface area contributed by atoms with Gasteiger partial charge in [0.15, 0.2) is 0 Å². The summed E-state index contributed by atoms with van der Waals surface area (Å²) in [5.41, 5.74) is -0.777. The molecule has 2 aliphatic rings. The summed E-state index contributed by atoms with van der Waals surface area (Å²) in [5, 5.41) is 12.6. The zero-order valence-corrected chi connectivity index (χ0v) is 12.4. The normalized spacial score (nSPS) is 25.6. The van der Waals surface area contributed by atoms with Crippen molar-refractivity contribution in [2.45, 2.75) is 57.0 Å². The Bertz CT molecular complexity index is 313. The zero-order valence-electron chi connectivity index (χ0n) is 12.4.